The summed E-state index contributed by atoms with van der Waals surface area (Å²) in [5.41, 5.74) is 0. The van der Waals surface area contributed by atoms with Crippen LogP contribution in [-0.4, -0.2) is 11.7 Å². The first-order chi connectivity index (χ1) is 3.41. The van der Waals surface area contributed by atoms with Crippen LogP contribution in [0.4, 0.5) is 0 Å². The summed E-state index contributed by atoms with van der Waals surface area (Å²) in [7, 11) is 0. The topological polar surface area (TPSA) is 20.2 Å². The van der Waals surface area contributed by atoms with Gasteiger partial charge in [0.2, 0.25) is 0 Å². The second-order valence-corrected chi connectivity index (χ2v) is 1.61. The second-order valence-electron chi connectivity index (χ2n) is 1.61. The Bertz CT molecular complexity index is 23.4. The van der Waals surface area contributed by atoms with Gasteiger partial charge in [-0.15, -0.1) is 0 Å². The van der Waals surface area contributed by atoms with Crippen LogP contribution in [0.25, 0.3) is 0 Å². The van der Waals surface area contributed by atoms with E-state index in [0.717, 1.165) is 6.42 Å². The van der Waals surface area contributed by atoms with E-state index in [9.17, 15) is 0 Å². The maximum absolute atomic E-state index is 8.24. The Kier molecular flexibility index (Phi) is 5.93. The molecule has 0 aliphatic rings. The van der Waals surface area contributed by atoms with E-state index in [0.29, 0.717) is 0 Å². The number of aliphatic hydroxyl groups excluding tert-OH is 1. The minimum atomic E-state index is 0.236. The predicted octanol–water partition coefficient (Wildman–Crippen LogP) is 1.37. The fourth-order valence-corrected chi connectivity index (χ4v) is 0.440. The molecule has 7 heavy (non-hydrogen) atoms. The molecule has 43 valence electrons. The maximum Gasteiger partial charge on any atom is 0.0462 e. The van der Waals surface area contributed by atoms with Crippen molar-refractivity contribution in [1.82, 2.24) is 0 Å². The average molecular weight is 101 g/mol. The van der Waals surface area contributed by atoms with Gasteiger partial charge in [0.1, 0.15) is 0 Å². The van der Waals surface area contributed by atoms with Crippen molar-refractivity contribution in [3.8, 4) is 0 Å². The van der Waals surface area contributed by atoms with Gasteiger partial charge in [0, 0.05) is 6.61 Å². The lowest BCUT2D eigenvalue weighted by Gasteiger charge is -1.89. The van der Waals surface area contributed by atoms with Gasteiger partial charge in [-0.1, -0.05) is 19.8 Å². The van der Waals surface area contributed by atoms with E-state index in [2.05, 4.69) is 6.92 Å². The molecule has 1 nitrogen and oxygen atoms in total. The highest BCUT2D eigenvalue weighted by Gasteiger charge is 1.81. The van der Waals surface area contributed by atoms with Crippen LogP contribution < -0.4 is 0 Å². The molecule has 0 atom stereocenters. The third-order valence-electron chi connectivity index (χ3n) is 0.891. The number of hydrogen-bond donors (Lipinski definition) is 1. The van der Waals surface area contributed by atoms with Crippen molar-refractivity contribution in [2.75, 3.05) is 6.61 Å². The van der Waals surface area contributed by atoms with Gasteiger partial charge < -0.3 is 5.11 Å². The van der Waals surface area contributed by atoms with Gasteiger partial charge in [-0.2, -0.15) is 0 Å². The van der Waals surface area contributed by atoms with Gasteiger partial charge in [-0.05, 0) is 12.8 Å². The van der Waals surface area contributed by atoms with E-state index in [4.69, 9.17) is 5.11 Å². The number of unbranched alkanes of at least 4 members (excludes halogenated alkanes) is 3. The van der Waals surface area contributed by atoms with Crippen molar-refractivity contribution in [3.63, 3.8) is 0 Å². The van der Waals surface area contributed by atoms with Crippen LogP contribution >= 0.6 is 0 Å². The minimum absolute atomic E-state index is 0.236. The zero-order valence-electron chi connectivity index (χ0n) is 4.85. The fraction of sp³-hybridized carbons (Fsp3) is 0.833. The van der Waals surface area contributed by atoms with Gasteiger partial charge in [0.15, 0.2) is 0 Å². The lowest BCUT2D eigenvalue weighted by atomic mass is 10.2. The van der Waals surface area contributed by atoms with Crippen LogP contribution in [0.3, 0.4) is 0 Å². The Morgan fingerprint density at radius 2 is 2.29 bits per heavy atom. The summed E-state index contributed by atoms with van der Waals surface area (Å²) in [6.45, 7) is 2.38. The van der Waals surface area contributed by atoms with E-state index < -0.39 is 0 Å². The molecule has 0 rings (SSSR count). The monoisotopic (exact) mass is 101 g/mol. The molecule has 0 aliphatic heterocycles. The first-order valence-electron chi connectivity index (χ1n) is 2.84. The molecule has 1 N–H and O–H groups in total. The van der Waals surface area contributed by atoms with Crippen LogP contribution in [0, 0.1) is 6.42 Å². The summed E-state index contributed by atoms with van der Waals surface area (Å²) < 4.78 is 0. The summed E-state index contributed by atoms with van der Waals surface area (Å²) >= 11 is 0. The highest BCUT2D eigenvalue weighted by Crippen LogP contribution is 1.94. The summed E-state index contributed by atoms with van der Waals surface area (Å²) in [5.74, 6) is 0. The molecule has 0 bridgehead atoms. The molecule has 0 aromatic heterocycles. The first-order valence-corrected chi connectivity index (χ1v) is 2.84. The van der Waals surface area contributed by atoms with E-state index in [-0.39, 0.29) is 6.61 Å². The molecule has 1 heteroatoms. The molecule has 0 spiro atoms. The average Bonchev–Trinajstić information content (AvgIpc) is 1.69. The molecule has 0 aromatic rings. The van der Waals surface area contributed by atoms with Crippen LogP contribution in [0.15, 0.2) is 0 Å². The smallest absolute Gasteiger partial charge is 0.0462 e. The molecular weight excluding hydrogens is 88.1 g/mol. The van der Waals surface area contributed by atoms with E-state index >= 15 is 0 Å². The van der Waals surface area contributed by atoms with Crippen molar-refractivity contribution in [3.05, 3.63) is 6.42 Å². The van der Waals surface area contributed by atoms with Gasteiger partial charge in [0.05, 0.1) is 0 Å². The van der Waals surface area contributed by atoms with Crippen LogP contribution in [0.1, 0.15) is 26.2 Å². The molecule has 0 saturated carbocycles. The summed E-state index contributed by atoms with van der Waals surface area (Å²) in [4.78, 5) is 0. The van der Waals surface area contributed by atoms with Crippen molar-refractivity contribution < 1.29 is 5.11 Å². The zero-order valence-corrected chi connectivity index (χ0v) is 4.85. The molecule has 0 unspecified atom stereocenters. The Hall–Kier alpha value is -0.0400. The Morgan fingerprint density at radius 1 is 1.57 bits per heavy atom. The molecule has 1 radical (unpaired) electrons. The van der Waals surface area contributed by atoms with Crippen LogP contribution in [0.2, 0.25) is 0 Å². The SMILES string of the molecule is CCCC[CH]CO. The highest BCUT2D eigenvalue weighted by molar-refractivity contribution is 4.59. The third-order valence-corrected chi connectivity index (χ3v) is 0.891. The summed E-state index contributed by atoms with van der Waals surface area (Å²) in [6, 6.07) is 0. The molecule has 0 aliphatic carbocycles. The standard InChI is InChI=1S/C6H13O/c1-2-3-4-5-6-7/h5,7H,2-4,6H2,1H3. The van der Waals surface area contributed by atoms with Gasteiger partial charge in [-0.25, -0.2) is 0 Å². The van der Waals surface area contributed by atoms with E-state index in [1.54, 1.807) is 0 Å². The largest absolute Gasteiger partial charge is 0.396 e. The Balaban J connectivity index is 2.45. The Morgan fingerprint density at radius 3 is 2.71 bits per heavy atom. The molecule has 0 heterocycles. The van der Waals surface area contributed by atoms with Crippen molar-refractivity contribution in [2.24, 2.45) is 0 Å². The minimum Gasteiger partial charge on any atom is -0.396 e. The fourth-order valence-electron chi connectivity index (χ4n) is 0.440. The predicted molar refractivity (Wildman–Crippen MR) is 30.9 cm³/mol. The van der Waals surface area contributed by atoms with Crippen LogP contribution in [0.5, 0.6) is 0 Å². The normalized spacial score (nSPS) is 9.43. The third kappa shape index (κ3) is 5.96. The van der Waals surface area contributed by atoms with Crippen molar-refractivity contribution in [2.45, 2.75) is 26.2 Å². The maximum atomic E-state index is 8.24. The molecular formula is C6H13O. The van der Waals surface area contributed by atoms with Crippen molar-refractivity contribution in [1.29, 1.82) is 0 Å². The lowest BCUT2D eigenvalue weighted by Crippen LogP contribution is -1.82. The van der Waals surface area contributed by atoms with Crippen LogP contribution in [-0.2, 0) is 0 Å². The van der Waals surface area contributed by atoms with Gasteiger partial charge in [-0.3, -0.25) is 0 Å². The quantitative estimate of drug-likeness (QED) is 0.530. The van der Waals surface area contributed by atoms with E-state index in [1.165, 1.54) is 12.8 Å². The number of hydrogen-bond acceptors (Lipinski definition) is 1. The number of aliphatic hydroxyl groups is 1. The summed E-state index contributed by atoms with van der Waals surface area (Å²) in [5, 5.41) is 8.24. The number of rotatable bonds is 4. The zero-order chi connectivity index (χ0) is 5.54. The van der Waals surface area contributed by atoms with E-state index in [1.807, 2.05) is 6.42 Å². The summed E-state index contributed by atoms with van der Waals surface area (Å²) in [6.07, 6.45) is 5.38. The molecule has 0 amide bonds. The van der Waals surface area contributed by atoms with Gasteiger partial charge >= 0.3 is 0 Å². The molecule has 0 fully saturated rings. The highest BCUT2D eigenvalue weighted by atomic mass is 16.2. The van der Waals surface area contributed by atoms with Gasteiger partial charge in [0.25, 0.3) is 0 Å². The second kappa shape index (κ2) is 5.96. The molecule has 0 aromatic carbocycles. The lowest BCUT2D eigenvalue weighted by molar-refractivity contribution is 0.322. The molecule has 0 saturated heterocycles. The van der Waals surface area contributed by atoms with Crippen molar-refractivity contribution >= 4 is 0 Å². The Labute approximate surface area is 45.4 Å². The first kappa shape index (κ1) is 6.96.